The topological polar surface area (TPSA) is 66.4 Å². The van der Waals surface area contributed by atoms with Crippen molar-refractivity contribution in [1.29, 1.82) is 0 Å². The van der Waals surface area contributed by atoms with Crippen LogP contribution in [0.5, 0.6) is 0 Å². The van der Waals surface area contributed by atoms with E-state index in [1.165, 1.54) is 15.9 Å². The molecule has 1 aromatic carbocycles. The molecule has 1 aliphatic heterocycles. The highest BCUT2D eigenvalue weighted by molar-refractivity contribution is 7.89. The van der Waals surface area contributed by atoms with E-state index in [1.807, 2.05) is 0 Å². The Morgan fingerprint density at radius 1 is 1.19 bits per heavy atom. The van der Waals surface area contributed by atoms with Gasteiger partial charge in [-0.25, -0.2) is 8.42 Å². The number of anilines is 1. The fourth-order valence-corrected chi connectivity index (χ4v) is 5.37. The molecule has 138 valence electrons. The van der Waals surface area contributed by atoms with Crippen LogP contribution >= 0.6 is 11.6 Å². The largest absolute Gasteiger partial charge is 0.352 e. The molecule has 1 saturated heterocycles. The number of hydrogen-bond donors (Lipinski definition) is 0. The molecule has 2 heterocycles. The normalized spacial score (nSPS) is 17.5. The molecule has 6 nitrogen and oxygen atoms in total. The number of likely N-dealkylation sites (N-methyl/N-ethyl adjacent to an activating group) is 1. The molecule has 0 spiro atoms. The second-order valence-electron chi connectivity index (χ2n) is 7.02. The number of aromatic nitrogens is 2. The molecule has 0 N–H and O–H groups in total. The first-order valence-electron chi connectivity index (χ1n) is 8.71. The third kappa shape index (κ3) is 2.98. The van der Waals surface area contributed by atoms with Crippen LogP contribution < -0.4 is 4.90 Å². The van der Waals surface area contributed by atoms with Crippen molar-refractivity contribution < 1.29 is 8.42 Å². The van der Waals surface area contributed by atoms with Crippen LogP contribution in [0.15, 0.2) is 29.2 Å². The van der Waals surface area contributed by atoms with E-state index >= 15 is 0 Å². The van der Waals surface area contributed by atoms with E-state index in [1.54, 1.807) is 26.1 Å². The summed E-state index contributed by atoms with van der Waals surface area (Å²) >= 11 is 6.00. The number of benzene rings is 1. The average Bonchev–Trinajstić information content (AvgIpc) is 3.03. The van der Waals surface area contributed by atoms with Crippen LogP contribution in [0, 0.1) is 6.92 Å². The van der Waals surface area contributed by atoms with Gasteiger partial charge < -0.3 is 4.90 Å². The average molecular weight is 393 g/mol. The molecule has 2 aliphatic rings. The van der Waals surface area contributed by atoms with Gasteiger partial charge in [0.05, 0.1) is 16.6 Å². The number of halogens is 1. The van der Waals surface area contributed by atoms with E-state index in [0.717, 1.165) is 30.8 Å². The Balaban J connectivity index is 1.49. The van der Waals surface area contributed by atoms with Crippen LogP contribution in [0.4, 0.5) is 5.82 Å². The van der Waals surface area contributed by atoms with Crippen molar-refractivity contribution in [3.05, 3.63) is 46.1 Å². The molecule has 0 amide bonds. The zero-order valence-electron chi connectivity index (χ0n) is 14.8. The molecule has 8 heteroatoms. The number of nitrogens with zero attached hydrogens (tertiary/aromatic N) is 4. The highest BCUT2D eigenvalue weighted by Gasteiger charge is 2.38. The monoisotopic (exact) mass is 392 g/mol. The molecule has 0 bridgehead atoms. The van der Waals surface area contributed by atoms with Gasteiger partial charge in [0.15, 0.2) is 5.82 Å². The fraction of sp³-hybridized carbons (Fsp3) is 0.444. The van der Waals surface area contributed by atoms with E-state index in [9.17, 15) is 8.42 Å². The second kappa shape index (κ2) is 6.48. The number of sulfonamides is 1. The van der Waals surface area contributed by atoms with Crippen LogP contribution in [0.25, 0.3) is 0 Å². The van der Waals surface area contributed by atoms with Crippen molar-refractivity contribution >= 4 is 27.4 Å². The number of hydrogen-bond acceptors (Lipinski definition) is 5. The first-order valence-corrected chi connectivity index (χ1v) is 10.5. The van der Waals surface area contributed by atoms with Gasteiger partial charge in [-0.2, -0.15) is 9.40 Å². The predicted octanol–water partition coefficient (Wildman–Crippen LogP) is 2.44. The van der Waals surface area contributed by atoms with E-state index in [0.29, 0.717) is 23.7 Å². The molecular formula is C18H21ClN4O2S. The summed E-state index contributed by atoms with van der Waals surface area (Å²) in [6.45, 7) is 3.01. The second-order valence-corrected chi connectivity index (χ2v) is 9.42. The SMILES string of the molecule is Cc1ccc(Cl)cc1S(=O)(=O)N(C)C1CN(c2cc3c(nn2)CCC3)C1. The van der Waals surface area contributed by atoms with Crippen molar-refractivity contribution in [2.24, 2.45) is 0 Å². The van der Waals surface area contributed by atoms with Gasteiger partial charge in [0.2, 0.25) is 10.0 Å². The first kappa shape index (κ1) is 17.7. The number of rotatable bonds is 4. The Labute approximate surface area is 158 Å². The maximum Gasteiger partial charge on any atom is 0.243 e. The molecule has 1 aromatic heterocycles. The molecule has 26 heavy (non-hydrogen) atoms. The van der Waals surface area contributed by atoms with Gasteiger partial charge >= 0.3 is 0 Å². The lowest BCUT2D eigenvalue weighted by Gasteiger charge is -2.43. The molecule has 1 aliphatic carbocycles. The number of aryl methyl sites for hydroxylation is 3. The van der Waals surface area contributed by atoms with Gasteiger partial charge in [-0.15, -0.1) is 5.10 Å². The van der Waals surface area contributed by atoms with E-state index in [4.69, 9.17) is 11.6 Å². The minimum absolute atomic E-state index is 0.0894. The van der Waals surface area contributed by atoms with Gasteiger partial charge in [0, 0.05) is 25.2 Å². The van der Waals surface area contributed by atoms with Crippen LogP contribution in [-0.4, -0.2) is 49.1 Å². The van der Waals surface area contributed by atoms with Gasteiger partial charge in [-0.05, 0) is 55.5 Å². The summed E-state index contributed by atoms with van der Waals surface area (Å²) in [5.41, 5.74) is 3.07. The summed E-state index contributed by atoms with van der Waals surface area (Å²) in [5.74, 6) is 0.839. The molecule has 0 radical (unpaired) electrons. The van der Waals surface area contributed by atoms with Crippen molar-refractivity contribution in [3.8, 4) is 0 Å². The molecule has 1 fully saturated rings. The Morgan fingerprint density at radius 2 is 1.96 bits per heavy atom. The Morgan fingerprint density at radius 3 is 2.73 bits per heavy atom. The summed E-state index contributed by atoms with van der Waals surface area (Å²) in [5, 5.41) is 9.04. The third-order valence-electron chi connectivity index (χ3n) is 5.31. The third-order valence-corrected chi connectivity index (χ3v) is 7.60. The lowest BCUT2D eigenvalue weighted by Crippen LogP contribution is -2.60. The van der Waals surface area contributed by atoms with Crippen molar-refractivity contribution in [3.63, 3.8) is 0 Å². The Kier molecular flexibility index (Phi) is 4.41. The maximum atomic E-state index is 13.0. The zero-order valence-corrected chi connectivity index (χ0v) is 16.4. The van der Waals surface area contributed by atoms with E-state index in [-0.39, 0.29) is 10.9 Å². The quantitative estimate of drug-likeness (QED) is 0.799. The van der Waals surface area contributed by atoms with Crippen molar-refractivity contribution in [2.75, 3.05) is 25.0 Å². The van der Waals surface area contributed by atoms with E-state index in [2.05, 4.69) is 21.2 Å². The minimum Gasteiger partial charge on any atom is -0.352 e. The maximum absolute atomic E-state index is 13.0. The standard InChI is InChI=1S/C18H21ClN4O2S/c1-12-6-7-14(19)9-17(12)26(24,25)22(2)15-10-23(11-15)18-8-13-4-3-5-16(13)20-21-18/h6-9,15H,3-5,10-11H2,1-2H3. The summed E-state index contributed by atoms with van der Waals surface area (Å²) in [4.78, 5) is 2.34. The molecule has 0 saturated carbocycles. The molecule has 0 unspecified atom stereocenters. The highest BCUT2D eigenvalue weighted by atomic mass is 35.5. The smallest absolute Gasteiger partial charge is 0.243 e. The van der Waals surface area contributed by atoms with Crippen LogP contribution in [-0.2, 0) is 22.9 Å². The minimum atomic E-state index is -3.58. The van der Waals surface area contributed by atoms with Crippen molar-refractivity contribution in [1.82, 2.24) is 14.5 Å². The first-order chi connectivity index (χ1) is 12.4. The lowest BCUT2D eigenvalue weighted by atomic mass is 10.1. The highest BCUT2D eigenvalue weighted by Crippen LogP contribution is 2.29. The van der Waals surface area contributed by atoms with Gasteiger partial charge in [-0.1, -0.05) is 17.7 Å². The summed E-state index contributed by atoms with van der Waals surface area (Å²) in [7, 11) is -1.95. The summed E-state index contributed by atoms with van der Waals surface area (Å²) in [6, 6.07) is 6.96. The molecular weight excluding hydrogens is 372 g/mol. The zero-order chi connectivity index (χ0) is 18.5. The van der Waals surface area contributed by atoms with Crippen LogP contribution in [0.2, 0.25) is 5.02 Å². The summed E-state index contributed by atoms with van der Waals surface area (Å²) in [6.07, 6.45) is 3.19. The van der Waals surface area contributed by atoms with Gasteiger partial charge in [0.1, 0.15) is 0 Å². The molecule has 4 rings (SSSR count). The van der Waals surface area contributed by atoms with Gasteiger partial charge in [-0.3, -0.25) is 0 Å². The number of fused-ring (bicyclic) bond motifs is 1. The van der Waals surface area contributed by atoms with Gasteiger partial charge in [0.25, 0.3) is 0 Å². The van der Waals surface area contributed by atoms with E-state index < -0.39 is 10.0 Å². The molecule has 2 aromatic rings. The predicted molar refractivity (Wildman–Crippen MR) is 101 cm³/mol. The Bertz CT molecular complexity index is 958. The molecule has 0 atom stereocenters. The van der Waals surface area contributed by atoms with Crippen LogP contribution in [0.3, 0.4) is 0 Å². The fourth-order valence-electron chi connectivity index (χ4n) is 3.55. The van der Waals surface area contributed by atoms with Crippen LogP contribution in [0.1, 0.15) is 23.2 Å². The summed E-state index contributed by atoms with van der Waals surface area (Å²) < 4.78 is 27.4. The van der Waals surface area contributed by atoms with Crippen molar-refractivity contribution in [2.45, 2.75) is 37.1 Å². The Hall–Kier alpha value is -1.70. The lowest BCUT2D eigenvalue weighted by molar-refractivity contribution is 0.309.